The van der Waals surface area contributed by atoms with E-state index in [-0.39, 0.29) is 11.4 Å². The fourth-order valence-corrected chi connectivity index (χ4v) is 3.90. The van der Waals surface area contributed by atoms with Gasteiger partial charge < -0.3 is 0 Å². The number of benzene rings is 1. The van der Waals surface area contributed by atoms with Gasteiger partial charge in [0, 0.05) is 22.9 Å². The van der Waals surface area contributed by atoms with Gasteiger partial charge in [-0.25, -0.2) is 14.4 Å². The van der Waals surface area contributed by atoms with Gasteiger partial charge >= 0.3 is 0 Å². The maximum atomic E-state index is 13.8. The van der Waals surface area contributed by atoms with Gasteiger partial charge in [-0.05, 0) is 19.1 Å². The standard InChI is InChI=1S/C16H12FN5OS2/c1-9-7-22-13(23)6-10(18-16(22)25-9)8-24-15-19-14(20-21-15)11-4-2-3-5-12(11)17/h2-7H,8H2,1H3,(H,19,20,21). The van der Waals surface area contributed by atoms with Crippen LogP contribution in [-0.2, 0) is 5.75 Å². The second kappa shape index (κ2) is 6.41. The van der Waals surface area contributed by atoms with Gasteiger partial charge in [0.2, 0.25) is 5.16 Å². The Morgan fingerprint density at radius 2 is 2.16 bits per heavy atom. The summed E-state index contributed by atoms with van der Waals surface area (Å²) in [6.07, 6.45) is 1.78. The third-order valence-electron chi connectivity index (χ3n) is 3.48. The van der Waals surface area contributed by atoms with Crippen molar-refractivity contribution < 1.29 is 4.39 Å². The third kappa shape index (κ3) is 3.20. The summed E-state index contributed by atoms with van der Waals surface area (Å²) in [6, 6.07) is 7.89. The molecule has 6 nitrogen and oxygen atoms in total. The molecule has 0 fully saturated rings. The fraction of sp³-hybridized carbons (Fsp3) is 0.125. The zero-order chi connectivity index (χ0) is 17.4. The molecule has 0 atom stereocenters. The maximum Gasteiger partial charge on any atom is 0.258 e. The summed E-state index contributed by atoms with van der Waals surface area (Å²) in [7, 11) is 0. The van der Waals surface area contributed by atoms with Gasteiger partial charge in [-0.2, -0.15) is 0 Å². The van der Waals surface area contributed by atoms with Crippen LogP contribution in [0.2, 0.25) is 0 Å². The lowest BCUT2D eigenvalue weighted by molar-refractivity contribution is 0.630. The van der Waals surface area contributed by atoms with E-state index < -0.39 is 0 Å². The minimum absolute atomic E-state index is 0.105. The zero-order valence-electron chi connectivity index (χ0n) is 13.1. The molecule has 9 heteroatoms. The van der Waals surface area contributed by atoms with Crippen LogP contribution in [-0.4, -0.2) is 24.6 Å². The van der Waals surface area contributed by atoms with Gasteiger partial charge in [-0.1, -0.05) is 23.9 Å². The predicted molar refractivity (Wildman–Crippen MR) is 95.4 cm³/mol. The number of hydrogen-bond acceptors (Lipinski definition) is 6. The zero-order valence-corrected chi connectivity index (χ0v) is 14.7. The van der Waals surface area contributed by atoms with Crippen LogP contribution in [0.1, 0.15) is 10.6 Å². The first kappa shape index (κ1) is 16.0. The van der Waals surface area contributed by atoms with Crippen molar-refractivity contribution >= 4 is 28.1 Å². The van der Waals surface area contributed by atoms with Crippen LogP contribution >= 0.6 is 23.1 Å². The molecule has 1 aromatic carbocycles. The molecule has 0 radical (unpaired) electrons. The van der Waals surface area contributed by atoms with E-state index in [0.717, 1.165) is 4.88 Å². The molecule has 0 aliphatic carbocycles. The molecular formula is C16H12FN5OS2. The van der Waals surface area contributed by atoms with Crippen molar-refractivity contribution in [1.29, 1.82) is 0 Å². The molecule has 0 spiro atoms. The molecule has 0 saturated carbocycles. The Kier molecular flexibility index (Phi) is 4.10. The minimum atomic E-state index is -0.358. The van der Waals surface area contributed by atoms with Crippen LogP contribution in [0.5, 0.6) is 0 Å². The van der Waals surface area contributed by atoms with Crippen molar-refractivity contribution in [2.75, 3.05) is 0 Å². The summed E-state index contributed by atoms with van der Waals surface area (Å²) in [5, 5.41) is 7.30. The van der Waals surface area contributed by atoms with Crippen LogP contribution in [0.4, 0.5) is 4.39 Å². The molecular weight excluding hydrogens is 361 g/mol. The third-order valence-corrected chi connectivity index (χ3v) is 5.26. The number of hydrogen-bond donors (Lipinski definition) is 1. The lowest BCUT2D eigenvalue weighted by atomic mass is 10.2. The molecule has 25 heavy (non-hydrogen) atoms. The number of thiazole rings is 1. The molecule has 1 N–H and O–H groups in total. The topological polar surface area (TPSA) is 75.9 Å². The number of aromatic nitrogens is 5. The van der Waals surface area contributed by atoms with Crippen molar-refractivity contribution in [1.82, 2.24) is 24.6 Å². The van der Waals surface area contributed by atoms with Crippen LogP contribution in [0.25, 0.3) is 16.3 Å². The molecule has 3 aromatic heterocycles. The number of rotatable bonds is 4. The quantitative estimate of drug-likeness (QED) is 0.556. The van der Waals surface area contributed by atoms with Gasteiger partial charge in [0.15, 0.2) is 10.8 Å². The summed E-state index contributed by atoms with van der Waals surface area (Å²) in [4.78, 5) is 22.6. The molecule has 0 saturated heterocycles. The van der Waals surface area contributed by atoms with Crippen molar-refractivity contribution in [2.24, 2.45) is 0 Å². The highest BCUT2D eigenvalue weighted by atomic mass is 32.2. The van der Waals surface area contributed by atoms with Crippen molar-refractivity contribution in [3.8, 4) is 11.4 Å². The summed E-state index contributed by atoms with van der Waals surface area (Å²) in [5.74, 6) is 0.471. The highest BCUT2D eigenvalue weighted by Gasteiger charge is 2.11. The number of halogens is 1. The van der Waals surface area contributed by atoms with E-state index in [2.05, 4.69) is 20.2 Å². The number of nitrogens with one attached hydrogen (secondary N) is 1. The molecule has 0 amide bonds. The molecule has 126 valence electrons. The molecule has 0 aliphatic rings. The molecule has 0 aliphatic heterocycles. The normalized spacial score (nSPS) is 11.3. The highest BCUT2D eigenvalue weighted by Crippen LogP contribution is 2.23. The fourth-order valence-electron chi connectivity index (χ4n) is 2.36. The van der Waals surface area contributed by atoms with Crippen LogP contribution in [0.15, 0.2) is 46.5 Å². The molecule has 3 heterocycles. The van der Waals surface area contributed by atoms with Crippen molar-refractivity contribution in [3.05, 3.63) is 63.3 Å². The number of nitrogens with zero attached hydrogens (tertiary/aromatic N) is 4. The van der Waals surface area contributed by atoms with Gasteiger partial charge in [-0.15, -0.1) is 16.4 Å². The van der Waals surface area contributed by atoms with E-state index in [1.165, 1.54) is 39.6 Å². The summed E-state index contributed by atoms with van der Waals surface area (Å²) < 4.78 is 15.3. The average Bonchev–Trinajstić information content (AvgIpc) is 3.19. The van der Waals surface area contributed by atoms with Gasteiger partial charge in [0.05, 0.1) is 11.3 Å². The van der Waals surface area contributed by atoms with E-state index >= 15 is 0 Å². The van der Waals surface area contributed by atoms with Gasteiger partial charge in [-0.3, -0.25) is 14.3 Å². The Morgan fingerprint density at radius 3 is 3.00 bits per heavy atom. The molecule has 0 bridgehead atoms. The number of H-pyrrole nitrogens is 1. The first-order chi connectivity index (χ1) is 12.1. The van der Waals surface area contributed by atoms with Gasteiger partial charge in [0.25, 0.3) is 5.56 Å². The second-order valence-electron chi connectivity index (χ2n) is 5.32. The minimum Gasteiger partial charge on any atom is -0.269 e. The Morgan fingerprint density at radius 1 is 1.32 bits per heavy atom. The highest BCUT2D eigenvalue weighted by molar-refractivity contribution is 7.98. The Labute approximate surface area is 149 Å². The van der Waals surface area contributed by atoms with E-state index in [0.29, 0.717) is 33.0 Å². The number of aryl methyl sites for hydroxylation is 1. The molecule has 0 unspecified atom stereocenters. The number of fused-ring (bicyclic) bond motifs is 1. The van der Waals surface area contributed by atoms with E-state index in [1.807, 2.05) is 6.92 Å². The summed E-state index contributed by atoms with van der Waals surface area (Å²) >= 11 is 2.81. The largest absolute Gasteiger partial charge is 0.269 e. The molecule has 4 aromatic rings. The predicted octanol–water partition coefficient (Wildman–Crippen LogP) is 3.28. The smallest absolute Gasteiger partial charge is 0.258 e. The molecule has 4 rings (SSSR count). The second-order valence-corrected chi connectivity index (χ2v) is 7.47. The Hall–Kier alpha value is -2.52. The van der Waals surface area contributed by atoms with E-state index in [1.54, 1.807) is 24.4 Å². The lowest BCUT2D eigenvalue weighted by Gasteiger charge is -1.98. The van der Waals surface area contributed by atoms with Crippen LogP contribution < -0.4 is 5.56 Å². The SMILES string of the molecule is Cc1cn2c(=O)cc(CSc3n[nH]c(-c4ccccc4F)n3)nc2s1. The average molecular weight is 373 g/mol. The van der Waals surface area contributed by atoms with E-state index in [9.17, 15) is 9.18 Å². The first-order valence-electron chi connectivity index (χ1n) is 7.39. The lowest BCUT2D eigenvalue weighted by Crippen LogP contribution is -2.12. The number of thioether (sulfide) groups is 1. The maximum absolute atomic E-state index is 13.8. The van der Waals surface area contributed by atoms with Crippen LogP contribution in [0.3, 0.4) is 0 Å². The monoisotopic (exact) mass is 373 g/mol. The van der Waals surface area contributed by atoms with E-state index in [4.69, 9.17) is 0 Å². The first-order valence-corrected chi connectivity index (χ1v) is 9.19. The van der Waals surface area contributed by atoms with Crippen molar-refractivity contribution in [2.45, 2.75) is 17.8 Å². The number of aromatic amines is 1. The Bertz CT molecular complexity index is 1120. The summed E-state index contributed by atoms with van der Waals surface area (Å²) in [5.41, 5.74) is 0.926. The summed E-state index contributed by atoms with van der Waals surface area (Å²) in [6.45, 7) is 1.94. The van der Waals surface area contributed by atoms with Crippen LogP contribution in [0, 0.1) is 12.7 Å². The van der Waals surface area contributed by atoms with Crippen molar-refractivity contribution in [3.63, 3.8) is 0 Å². The van der Waals surface area contributed by atoms with Gasteiger partial charge in [0.1, 0.15) is 5.82 Å². The Balaban J connectivity index is 1.54.